The van der Waals surface area contributed by atoms with Gasteiger partial charge in [0.05, 0.1) is 13.7 Å². The Balaban J connectivity index is 0.00000144. The van der Waals surface area contributed by atoms with Crippen molar-refractivity contribution in [2.24, 2.45) is 0 Å². The molecule has 17 heavy (non-hydrogen) atoms. The minimum atomic E-state index is 0. The molecule has 4 heteroatoms. The molecule has 1 N–H and O–H groups in total. The van der Waals surface area contributed by atoms with Gasteiger partial charge in [-0.25, -0.2) is 4.57 Å². The molecule has 0 unspecified atom stereocenters. The number of halogens is 1. The van der Waals surface area contributed by atoms with Crippen LogP contribution in [0.15, 0.2) is 43.0 Å². The van der Waals surface area contributed by atoms with Crippen molar-refractivity contribution >= 4 is 0 Å². The lowest BCUT2D eigenvalue weighted by molar-refractivity contribution is -0.696. The Morgan fingerprint density at radius 3 is 2.59 bits per heavy atom. The number of nitrogens with one attached hydrogen (secondary N) is 1. The maximum atomic E-state index is 5.12. The van der Waals surface area contributed by atoms with Crippen LogP contribution in [0.1, 0.15) is 12.0 Å². The Morgan fingerprint density at radius 1 is 1.24 bits per heavy atom. The van der Waals surface area contributed by atoms with Crippen LogP contribution < -0.4 is 26.3 Å². The van der Waals surface area contributed by atoms with Crippen LogP contribution >= 0.6 is 0 Å². The monoisotopic (exact) mass is 296 g/mol. The van der Waals surface area contributed by atoms with E-state index in [9.17, 15) is 0 Å². The lowest BCUT2D eigenvalue weighted by Crippen LogP contribution is -3.00. The molecule has 0 fully saturated rings. The Kier molecular flexibility index (Phi) is 5.77. The molecule has 0 spiro atoms. The third kappa shape index (κ3) is 4.23. The van der Waals surface area contributed by atoms with Crippen molar-refractivity contribution in [2.45, 2.75) is 19.4 Å². The molecule has 92 valence electrons. The van der Waals surface area contributed by atoms with Crippen LogP contribution in [-0.4, -0.2) is 12.1 Å². The normalized spacial score (nSPS) is 9.71. The number of methoxy groups -OCH3 is 1. The number of imidazole rings is 1. The molecule has 3 nitrogen and oxygen atoms in total. The summed E-state index contributed by atoms with van der Waals surface area (Å²) >= 11 is 0. The molecule has 0 amide bonds. The summed E-state index contributed by atoms with van der Waals surface area (Å²) in [7, 11) is 1.69. The van der Waals surface area contributed by atoms with Crippen molar-refractivity contribution in [2.75, 3.05) is 7.11 Å². The number of hydrogen-bond donors (Lipinski definition) is 1. The van der Waals surface area contributed by atoms with Crippen molar-refractivity contribution in [3.05, 3.63) is 48.5 Å². The summed E-state index contributed by atoms with van der Waals surface area (Å²) in [5.74, 6) is 0.920. The molecule has 0 bridgehead atoms. The van der Waals surface area contributed by atoms with E-state index in [-0.39, 0.29) is 17.0 Å². The van der Waals surface area contributed by atoms with E-state index >= 15 is 0 Å². The number of benzene rings is 1. The fourth-order valence-corrected chi connectivity index (χ4v) is 1.72. The van der Waals surface area contributed by atoms with Crippen LogP contribution in [0.25, 0.3) is 0 Å². The van der Waals surface area contributed by atoms with Gasteiger partial charge in [-0.05, 0) is 30.5 Å². The number of nitrogens with zero attached hydrogens (tertiary/aromatic N) is 1. The first-order chi connectivity index (χ1) is 7.88. The van der Waals surface area contributed by atoms with E-state index < -0.39 is 0 Å². The molecule has 0 atom stereocenters. The highest BCUT2D eigenvalue weighted by molar-refractivity contribution is 5.27. The first-order valence-corrected chi connectivity index (χ1v) is 5.53. The molecule has 2 rings (SSSR count). The second kappa shape index (κ2) is 7.12. The molecule has 0 aliphatic heterocycles. The molecule has 0 saturated heterocycles. The fraction of sp³-hybridized carbons (Fsp3) is 0.308. The number of hydrogen-bond acceptors (Lipinski definition) is 1. The summed E-state index contributed by atoms with van der Waals surface area (Å²) < 4.78 is 7.28. The van der Waals surface area contributed by atoms with E-state index in [4.69, 9.17) is 4.74 Å². The average molecular weight is 297 g/mol. The maximum absolute atomic E-state index is 5.12. The molecule has 0 radical (unpaired) electrons. The van der Waals surface area contributed by atoms with Crippen molar-refractivity contribution in [3.8, 4) is 5.75 Å². The standard InChI is InChI=1S/C13H16N2O.BrH/c1-16-13-6-4-12(5-7-13)3-2-9-15-10-8-14-11-15;/h4-8,10-11H,2-3,9H2,1H3;1H. The number of ether oxygens (including phenoxy) is 1. The second-order valence-corrected chi connectivity index (χ2v) is 3.80. The smallest absolute Gasteiger partial charge is 0.241 e. The van der Waals surface area contributed by atoms with Crippen molar-refractivity contribution in [1.29, 1.82) is 0 Å². The van der Waals surface area contributed by atoms with Gasteiger partial charge in [-0.1, -0.05) is 12.1 Å². The van der Waals surface area contributed by atoms with E-state index in [1.165, 1.54) is 5.56 Å². The molecule has 0 aliphatic rings. The van der Waals surface area contributed by atoms with Crippen molar-refractivity contribution < 1.29 is 26.3 Å². The number of aromatic nitrogens is 2. The minimum absolute atomic E-state index is 0. The summed E-state index contributed by atoms with van der Waals surface area (Å²) in [6, 6.07) is 8.28. The number of rotatable bonds is 5. The van der Waals surface area contributed by atoms with Gasteiger partial charge in [0.15, 0.2) is 0 Å². The van der Waals surface area contributed by atoms with Gasteiger partial charge in [-0.2, -0.15) is 0 Å². The molecule has 1 aromatic carbocycles. The Morgan fingerprint density at radius 2 is 2.00 bits per heavy atom. The predicted molar refractivity (Wildman–Crippen MR) is 62.3 cm³/mol. The Labute approximate surface area is 112 Å². The predicted octanol–water partition coefficient (Wildman–Crippen LogP) is -1.05. The minimum Gasteiger partial charge on any atom is -1.00 e. The van der Waals surface area contributed by atoms with Crippen molar-refractivity contribution in [3.63, 3.8) is 0 Å². The van der Waals surface area contributed by atoms with E-state index in [0.29, 0.717) is 0 Å². The SMILES string of the molecule is COc1ccc(CCC[n+]2cc[nH]c2)cc1.[Br-]. The first-order valence-electron chi connectivity index (χ1n) is 5.53. The van der Waals surface area contributed by atoms with E-state index in [0.717, 1.165) is 25.1 Å². The summed E-state index contributed by atoms with van der Waals surface area (Å²) in [6.07, 6.45) is 8.21. The van der Waals surface area contributed by atoms with Gasteiger partial charge in [0.1, 0.15) is 18.1 Å². The zero-order chi connectivity index (χ0) is 11.2. The van der Waals surface area contributed by atoms with Crippen molar-refractivity contribution in [1.82, 2.24) is 4.98 Å². The molecular formula is C13H17BrN2O. The Bertz CT molecular complexity index is 411. The second-order valence-electron chi connectivity index (χ2n) is 3.80. The zero-order valence-corrected chi connectivity index (χ0v) is 11.5. The fourth-order valence-electron chi connectivity index (χ4n) is 1.72. The highest BCUT2D eigenvalue weighted by Gasteiger charge is 1.98. The first kappa shape index (κ1) is 13.8. The van der Waals surface area contributed by atoms with Gasteiger partial charge in [0.25, 0.3) is 0 Å². The third-order valence-corrected chi connectivity index (χ3v) is 2.64. The number of aryl methyl sites for hydroxylation is 2. The van der Waals surface area contributed by atoms with Crippen LogP contribution in [0, 0.1) is 0 Å². The molecule has 1 aromatic heterocycles. The summed E-state index contributed by atoms with van der Waals surface area (Å²) in [5.41, 5.74) is 1.36. The van der Waals surface area contributed by atoms with Crippen LogP contribution in [-0.2, 0) is 13.0 Å². The molecule has 1 heterocycles. The van der Waals surface area contributed by atoms with Gasteiger partial charge in [-0.3, -0.25) is 4.98 Å². The van der Waals surface area contributed by atoms with E-state index in [1.54, 1.807) is 7.11 Å². The molecule has 0 saturated carbocycles. The third-order valence-electron chi connectivity index (χ3n) is 2.64. The maximum Gasteiger partial charge on any atom is 0.241 e. The number of aromatic amines is 1. The number of H-pyrrole nitrogens is 1. The Hall–Kier alpha value is -1.29. The van der Waals surface area contributed by atoms with Gasteiger partial charge in [0, 0.05) is 0 Å². The van der Waals surface area contributed by atoms with Gasteiger partial charge in [-0.15, -0.1) is 0 Å². The van der Waals surface area contributed by atoms with Crippen LogP contribution in [0.4, 0.5) is 0 Å². The summed E-state index contributed by atoms with van der Waals surface area (Å²) in [6.45, 7) is 1.05. The topological polar surface area (TPSA) is 28.9 Å². The lowest BCUT2D eigenvalue weighted by Gasteiger charge is -2.02. The summed E-state index contributed by atoms with van der Waals surface area (Å²) in [4.78, 5) is 3.04. The largest absolute Gasteiger partial charge is 1.00 e. The molecular weight excluding hydrogens is 280 g/mol. The van der Waals surface area contributed by atoms with E-state index in [1.807, 2.05) is 30.9 Å². The van der Waals surface area contributed by atoms with E-state index in [2.05, 4.69) is 21.7 Å². The van der Waals surface area contributed by atoms with Gasteiger partial charge < -0.3 is 21.7 Å². The average Bonchev–Trinajstić information content (AvgIpc) is 2.83. The van der Waals surface area contributed by atoms with Gasteiger partial charge in [0.2, 0.25) is 6.33 Å². The van der Waals surface area contributed by atoms with Gasteiger partial charge >= 0.3 is 0 Å². The zero-order valence-electron chi connectivity index (χ0n) is 9.90. The van der Waals surface area contributed by atoms with Crippen LogP contribution in [0.2, 0.25) is 0 Å². The lowest BCUT2D eigenvalue weighted by atomic mass is 10.1. The highest BCUT2D eigenvalue weighted by Crippen LogP contribution is 2.12. The van der Waals surface area contributed by atoms with Crippen LogP contribution in [0.5, 0.6) is 5.75 Å². The molecule has 2 aromatic rings. The highest BCUT2D eigenvalue weighted by atomic mass is 79.9. The quantitative estimate of drug-likeness (QED) is 0.701. The van der Waals surface area contributed by atoms with Crippen LogP contribution in [0.3, 0.4) is 0 Å². The summed E-state index contributed by atoms with van der Waals surface area (Å²) in [5, 5.41) is 0. The molecule has 0 aliphatic carbocycles.